The maximum atomic E-state index is 13.3. The highest BCUT2D eigenvalue weighted by Crippen LogP contribution is 2.47. The van der Waals surface area contributed by atoms with Crippen molar-refractivity contribution in [2.75, 3.05) is 32.8 Å². The maximum absolute atomic E-state index is 13.3. The molecular weight excluding hydrogens is 688 g/mol. The van der Waals surface area contributed by atoms with E-state index in [1.807, 2.05) is 25.1 Å². The van der Waals surface area contributed by atoms with Gasteiger partial charge in [0.15, 0.2) is 5.84 Å². The van der Waals surface area contributed by atoms with Crippen LogP contribution in [0.25, 0.3) is 11.1 Å². The van der Waals surface area contributed by atoms with Crippen LogP contribution in [0.2, 0.25) is 0 Å². The van der Waals surface area contributed by atoms with Crippen molar-refractivity contribution < 1.29 is 13.2 Å². The van der Waals surface area contributed by atoms with Gasteiger partial charge in [-0.1, -0.05) is 48.0 Å². The van der Waals surface area contributed by atoms with E-state index in [0.717, 1.165) is 62.4 Å². The minimum atomic E-state index is -3.85. The third-order valence-corrected chi connectivity index (χ3v) is 12.2. The summed E-state index contributed by atoms with van der Waals surface area (Å²) in [6, 6.07) is 17.2. The van der Waals surface area contributed by atoms with Crippen LogP contribution in [0.1, 0.15) is 36.8 Å². The summed E-state index contributed by atoms with van der Waals surface area (Å²) in [5, 5.41) is 4.68. The molecule has 1 N–H and O–H groups in total. The number of benzene rings is 2. The summed E-state index contributed by atoms with van der Waals surface area (Å²) >= 11 is 9.14. The van der Waals surface area contributed by atoms with Gasteiger partial charge in [-0.15, -0.1) is 16.4 Å². The molecule has 218 valence electrons. The summed E-state index contributed by atoms with van der Waals surface area (Å²) < 4.78 is 34.9. The molecule has 2 saturated heterocycles. The summed E-state index contributed by atoms with van der Waals surface area (Å²) in [5.41, 5.74) is 3.92. The molecule has 6 rings (SSSR count). The maximum Gasteiger partial charge on any atom is 0.276 e. The largest absolute Gasteiger partial charge is 0.376 e. The monoisotopic (exact) mass is 720 g/mol. The molecule has 1 saturated carbocycles. The topological polar surface area (TPSA) is 74.2 Å². The SMILES string of the molecule is Cc1ccc(S(=O)(=O)N/N=C(/c2c(Br)sc(Br)c2-c2ccccc2)N2CC3CC2CC3OCCN2CCCC2)cc1. The van der Waals surface area contributed by atoms with E-state index in [1.54, 1.807) is 35.6 Å². The number of likely N-dealkylation sites (tertiary alicyclic amines) is 2. The number of halogens is 2. The van der Waals surface area contributed by atoms with Crippen molar-refractivity contribution >= 4 is 59.1 Å². The van der Waals surface area contributed by atoms with Crippen LogP contribution in [0.5, 0.6) is 0 Å². The lowest BCUT2D eigenvalue weighted by atomic mass is 10.0. The first-order valence-corrected chi connectivity index (χ1v) is 18.0. The van der Waals surface area contributed by atoms with Crippen LogP contribution in [0, 0.1) is 12.8 Å². The fourth-order valence-electron chi connectivity index (χ4n) is 6.29. The fraction of sp³-hybridized carbons (Fsp3) is 0.433. The number of hydrogen-bond donors (Lipinski definition) is 1. The first kappa shape index (κ1) is 29.3. The normalized spacial score (nSPS) is 23.0. The second-order valence-corrected chi connectivity index (χ2v) is 16.4. The highest BCUT2D eigenvalue weighted by atomic mass is 79.9. The molecule has 7 nitrogen and oxygen atoms in total. The Morgan fingerprint density at radius 2 is 1.78 bits per heavy atom. The van der Waals surface area contributed by atoms with Gasteiger partial charge in [0.2, 0.25) is 0 Å². The molecule has 0 radical (unpaired) electrons. The van der Waals surface area contributed by atoms with E-state index in [1.165, 1.54) is 25.9 Å². The molecule has 0 amide bonds. The van der Waals surface area contributed by atoms with Gasteiger partial charge in [-0.25, -0.2) is 0 Å². The number of thiophene rings is 1. The second-order valence-electron chi connectivity index (χ2n) is 11.1. The van der Waals surface area contributed by atoms with Crippen molar-refractivity contribution in [2.24, 2.45) is 11.0 Å². The van der Waals surface area contributed by atoms with Gasteiger partial charge in [0.05, 0.1) is 30.7 Å². The van der Waals surface area contributed by atoms with Crippen molar-refractivity contribution in [3.05, 3.63) is 73.3 Å². The number of nitrogens with zero attached hydrogens (tertiary/aromatic N) is 3. The van der Waals surface area contributed by atoms with Gasteiger partial charge in [-0.3, -0.25) is 0 Å². The average molecular weight is 723 g/mol. The Balaban J connectivity index is 1.29. The first-order chi connectivity index (χ1) is 19.8. The minimum Gasteiger partial charge on any atom is -0.376 e. The van der Waals surface area contributed by atoms with Gasteiger partial charge in [-0.2, -0.15) is 13.2 Å². The van der Waals surface area contributed by atoms with Crippen molar-refractivity contribution in [3.63, 3.8) is 0 Å². The molecule has 3 fully saturated rings. The van der Waals surface area contributed by atoms with Crippen molar-refractivity contribution in [3.8, 4) is 11.1 Å². The number of amidine groups is 1. The number of ether oxygens (including phenoxy) is 1. The Hall–Kier alpha value is -1.76. The van der Waals surface area contributed by atoms with Gasteiger partial charge in [-0.05, 0) is 95.3 Å². The summed E-state index contributed by atoms with van der Waals surface area (Å²) in [7, 11) is -3.85. The Kier molecular flexibility index (Phi) is 8.91. The Morgan fingerprint density at radius 1 is 1.05 bits per heavy atom. The number of aryl methyl sites for hydroxylation is 1. The predicted molar refractivity (Wildman–Crippen MR) is 172 cm³/mol. The van der Waals surface area contributed by atoms with Crippen LogP contribution in [0.3, 0.4) is 0 Å². The zero-order chi connectivity index (χ0) is 28.6. The standard InChI is InChI=1S/C30H34Br2N4O3S2/c1-20-9-11-24(12-10-20)41(37,38)34-33-30(27-26(28(31)40-29(27)32)21-7-3-2-4-8-21)36-19-22-17-23(36)18-25(22)39-16-15-35-13-5-6-14-35/h2-4,7-12,22-23,25,34H,5-6,13-19H2,1H3/b33-30-. The van der Waals surface area contributed by atoms with Gasteiger partial charge >= 0.3 is 0 Å². The van der Waals surface area contributed by atoms with Crippen LogP contribution in [0.4, 0.5) is 0 Å². The van der Waals surface area contributed by atoms with E-state index in [4.69, 9.17) is 4.74 Å². The Bertz CT molecular complexity index is 1510. The zero-order valence-electron chi connectivity index (χ0n) is 22.9. The van der Waals surface area contributed by atoms with Crippen molar-refractivity contribution in [1.29, 1.82) is 0 Å². The Morgan fingerprint density at radius 3 is 2.46 bits per heavy atom. The molecule has 41 heavy (non-hydrogen) atoms. The number of sulfonamides is 1. The number of hydrogen-bond acceptors (Lipinski definition) is 6. The number of rotatable bonds is 9. The number of piperidine rings is 1. The van der Waals surface area contributed by atoms with Gasteiger partial charge < -0.3 is 14.5 Å². The van der Waals surface area contributed by atoms with Crippen LogP contribution in [-0.4, -0.2) is 69.0 Å². The smallest absolute Gasteiger partial charge is 0.276 e. The molecule has 2 aromatic carbocycles. The highest BCUT2D eigenvalue weighted by Gasteiger charge is 2.47. The quantitative estimate of drug-likeness (QED) is 0.156. The van der Waals surface area contributed by atoms with E-state index >= 15 is 0 Å². The molecule has 1 aliphatic carbocycles. The van der Waals surface area contributed by atoms with E-state index in [0.29, 0.717) is 11.8 Å². The third kappa shape index (κ3) is 6.31. The molecule has 1 aromatic heterocycles. The molecule has 3 aromatic rings. The zero-order valence-corrected chi connectivity index (χ0v) is 27.7. The van der Waals surface area contributed by atoms with E-state index in [2.05, 4.69) is 63.7 Å². The van der Waals surface area contributed by atoms with Crippen LogP contribution >= 0.6 is 43.2 Å². The summed E-state index contributed by atoms with van der Waals surface area (Å²) in [6.45, 7) is 6.84. The van der Waals surface area contributed by atoms with Gasteiger partial charge in [0.25, 0.3) is 10.0 Å². The van der Waals surface area contributed by atoms with Crippen LogP contribution in [-0.2, 0) is 14.8 Å². The van der Waals surface area contributed by atoms with Crippen molar-refractivity contribution in [1.82, 2.24) is 14.6 Å². The molecule has 2 bridgehead atoms. The lowest BCUT2D eigenvalue weighted by molar-refractivity contribution is 0.00189. The van der Waals surface area contributed by atoms with Crippen LogP contribution < -0.4 is 4.83 Å². The third-order valence-electron chi connectivity index (χ3n) is 8.40. The summed E-state index contributed by atoms with van der Waals surface area (Å²) in [6.07, 6.45) is 4.74. The number of hydrazone groups is 1. The predicted octanol–water partition coefficient (Wildman–Crippen LogP) is 6.46. The van der Waals surface area contributed by atoms with Crippen molar-refractivity contribution in [2.45, 2.75) is 49.6 Å². The van der Waals surface area contributed by atoms with E-state index in [-0.39, 0.29) is 17.0 Å². The van der Waals surface area contributed by atoms with Gasteiger partial charge in [0.1, 0.15) is 0 Å². The molecule has 0 spiro atoms. The van der Waals surface area contributed by atoms with Crippen LogP contribution in [0.15, 0.2) is 72.2 Å². The molecule has 2 aliphatic heterocycles. The molecular formula is C30H34Br2N4O3S2. The second kappa shape index (κ2) is 12.5. The molecule has 3 aliphatic rings. The van der Waals surface area contributed by atoms with Gasteiger partial charge in [0, 0.05) is 30.6 Å². The number of nitrogens with one attached hydrogen (secondary N) is 1. The number of fused-ring (bicyclic) bond motifs is 2. The molecule has 3 heterocycles. The molecule has 3 unspecified atom stereocenters. The highest BCUT2D eigenvalue weighted by molar-refractivity contribution is 9.12. The lowest BCUT2D eigenvalue weighted by Crippen LogP contribution is -2.44. The summed E-state index contributed by atoms with van der Waals surface area (Å²) in [4.78, 5) is 7.53. The van der Waals surface area contributed by atoms with E-state index in [9.17, 15) is 8.42 Å². The lowest BCUT2D eigenvalue weighted by Gasteiger charge is -2.34. The average Bonchev–Trinajstić information content (AvgIpc) is 3.75. The Labute approximate surface area is 263 Å². The fourth-order valence-corrected chi connectivity index (χ4v) is 10.3. The summed E-state index contributed by atoms with van der Waals surface area (Å²) in [5.74, 6) is 1.02. The molecule has 3 atom stereocenters. The first-order valence-electron chi connectivity index (χ1n) is 14.1. The van der Waals surface area contributed by atoms with E-state index < -0.39 is 10.0 Å². The molecule has 11 heteroatoms. The minimum absolute atomic E-state index is 0.189.